The zero-order valence-corrected chi connectivity index (χ0v) is 11.4. The molecule has 6 heteroatoms. The molecule has 0 aliphatic heterocycles. The molecular formula is C14H16N2O4. The Morgan fingerprint density at radius 1 is 1.60 bits per heavy atom. The molecule has 1 aromatic rings. The first-order valence-electron chi connectivity index (χ1n) is 6.15. The number of nitrogens with one attached hydrogen (secondary N) is 1. The Bertz CT molecular complexity index is 549. The van der Waals surface area contributed by atoms with Gasteiger partial charge in [0.1, 0.15) is 0 Å². The maximum absolute atomic E-state index is 12.1. The highest BCUT2D eigenvalue weighted by molar-refractivity contribution is 5.98. The largest absolute Gasteiger partial charge is 0.487 e. The van der Waals surface area contributed by atoms with Gasteiger partial charge in [-0.1, -0.05) is 6.07 Å². The summed E-state index contributed by atoms with van der Waals surface area (Å²) in [5.74, 6) is 1.97. The van der Waals surface area contributed by atoms with Crippen LogP contribution in [0.4, 0.5) is 5.69 Å². The third-order valence-electron chi connectivity index (χ3n) is 2.53. The second kappa shape index (κ2) is 7.14. The average molecular weight is 276 g/mol. The molecule has 1 N–H and O–H groups in total. The number of benzene rings is 1. The molecule has 1 unspecified atom stereocenters. The SMILES string of the molecule is C#CCC(C)NC(=O)c1cccc([N+](=O)[O-])c1OCC. The first-order chi connectivity index (χ1) is 9.51. The molecule has 0 radical (unpaired) electrons. The molecule has 106 valence electrons. The Morgan fingerprint density at radius 3 is 2.85 bits per heavy atom. The molecule has 0 spiro atoms. The first kappa shape index (κ1) is 15.5. The van der Waals surface area contributed by atoms with Crippen LogP contribution >= 0.6 is 0 Å². The minimum atomic E-state index is -0.577. The highest BCUT2D eigenvalue weighted by Crippen LogP contribution is 2.30. The van der Waals surface area contributed by atoms with Crippen LogP contribution in [-0.4, -0.2) is 23.5 Å². The van der Waals surface area contributed by atoms with Crippen LogP contribution in [0.2, 0.25) is 0 Å². The van der Waals surface area contributed by atoms with Crippen molar-refractivity contribution in [3.63, 3.8) is 0 Å². The molecule has 0 aliphatic carbocycles. The number of terminal acetylenes is 1. The molecule has 6 nitrogen and oxygen atoms in total. The molecule has 0 saturated carbocycles. The number of hydrogen-bond acceptors (Lipinski definition) is 4. The lowest BCUT2D eigenvalue weighted by Gasteiger charge is -2.13. The Kier molecular flexibility index (Phi) is 5.54. The maximum atomic E-state index is 12.1. The van der Waals surface area contributed by atoms with E-state index >= 15 is 0 Å². The van der Waals surface area contributed by atoms with Crippen LogP contribution in [0, 0.1) is 22.5 Å². The van der Waals surface area contributed by atoms with Gasteiger partial charge in [0.25, 0.3) is 5.91 Å². The molecule has 0 saturated heterocycles. The Labute approximate surface area is 117 Å². The highest BCUT2D eigenvalue weighted by Gasteiger charge is 2.23. The summed E-state index contributed by atoms with van der Waals surface area (Å²) in [5.41, 5.74) is -0.103. The van der Waals surface area contributed by atoms with Crippen LogP contribution in [0.1, 0.15) is 30.6 Å². The second-order valence-electron chi connectivity index (χ2n) is 4.13. The smallest absolute Gasteiger partial charge is 0.311 e. The van der Waals surface area contributed by atoms with E-state index in [2.05, 4.69) is 11.2 Å². The summed E-state index contributed by atoms with van der Waals surface area (Å²) in [5, 5.41) is 13.6. The molecule has 1 aromatic carbocycles. The van der Waals surface area contributed by atoms with Crippen molar-refractivity contribution < 1.29 is 14.5 Å². The third kappa shape index (κ3) is 3.72. The summed E-state index contributed by atoms with van der Waals surface area (Å²) < 4.78 is 5.25. The predicted octanol–water partition coefficient (Wildman–Crippen LogP) is 2.14. The standard InChI is InChI=1S/C14H16N2O4/c1-4-7-10(3)15-14(17)11-8-6-9-12(16(18)19)13(11)20-5-2/h1,6,8-10H,5,7H2,2-3H3,(H,15,17). The molecule has 1 amide bonds. The van der Waals surface area contributed by atoms with Crippen molar-refractivity contribution in [1.82, 2.24) is 5.32 Å². The van der Waals surface area contributed by atoms with Gasteiger partial charge in [0, 0.05) is 18.5 Å². The van der Waals surface area contributed by atoms with Gasteiger partial charge < -0.3 is 10.1 Å². The van der Waals surface area contributed by atoms with E-state index in [-0.39, 0.29) is 29.6 Å². The van der Waals surface area contributed by atoms with Crippen molar-refractivity contribution in [3.05, 3.63) is 33.9 Å². The van der Waals surface area contributed by atoms with Gasteiger partial charge in [-0.15, -0.1) is 12.3 Å². The topological polar surface area (TPSA) is 81.5 Å². The molecule has 1 rings (SSSR count). The number of carbonyl (C=O) groups excluding carboxylic acids is 1. The van der Waals surface area contributed by atoms with Gasteiger partial charge in [-0.05, 0) is 19.9 Å². The predicted molar refractivity (Wildman–Crippen MR) is 74.6 cm³/mol. The Balaban J connectivity index is 3.10. The van der Waals surface area contributed by atoms with E-state index in [0.717, 1.165) is 0 Å². The van der Waals surface area contributed by atoms with Gasteiger partial charge >= 0.3 is 5.69 Å². The number of para-hydroxylation sites is 1. The minimum absolute atomic E-state index is 0.0228. The number of ether oxygens (including phenoxy) is 1. The molecular weight excluding hydrogens is 260 g/mol. The van der Waals surface area contributed by atoms with Gasteiger partial charge in [-0.2, -0.15) is 0 Å². The van der Waals surface area contributed by atoms with E-state index in [0.29, 0.717) is 6.42 Å². The molecule has 0 bridgehead atoms. The van der Waals surface area contributed by atoms with Gasteiger partial charge in [-0.25, -0.2) is 0 Å². The normalized spacial score (nSPS) is 11.2. The van der Waals surface area contributed by atoms with E-state index in [4.69, 9.17) is 11.2 Å². The maximum Gasteiger partial charge on any atom is 0.311 e. The molecule has 20 heavy (non-hydrogen) atoms. The Morgan fingerprint density at radius 2 is 2.30 bits per heavy atom. The minimum Gasteiger partial charge on any atom is -0.487 e. The highest BCUT2D eigenvalue weighted by atomic mass is 16.6. The molecule has 0 fully saturated rings. The fourth-order valence-corrected chi connectivity index (χ4v) is 1.67. The number of nitrogens with zero attached hydrogens (tertiary/aromatic N) is 1. The number of hydrogen-bond donors (Lipinski definition) is 1. The van der Waals surface area contributed by atoms with Crippen LogP contribution in [0.5, 0.6) is 5.75 Å². The van der Waals surface area contributed by atoms with E-state index in [1.54, 1.807) is 13.8 Å². The van der Waals surface area contributed by atoms with E-state index in [1.165, 1.54) is 18.2 Å². The van der Waals surface area contributed by atoms with Crippen molar-refractivity contribution in [2.45, 2.75) is 26.3 Å². The Hall–Kier alpha value is -2.55. The monoisotopic (exact) mass is 276 g/mol. The van der Waals surface area contributed by atoms with Crippen LogP contribution in [-0.2, 0) is 0 Å². The van der Waals surface area contributed by atoms with E-state index in [1.807, 2.05) is 0 Å². The number of rotatable bonds is 6. The van der Waals surface area contributed by atoms with E-state index < -0.39 is 10.8 Å². The average Bonchev–Trinajstić information content (AvgIpc) is 2.39. The van der Waals surface area contributed by atoms with Crippen LogP contribution in [0.25, 0.3) is 0 Å². The lowest BCUT2D eigenvalue weighted by Crippen LogP contribution is -2.32. The van der Waals surface area contributed by atoms with Crippen molar-refractivity contribution in [2.75, 3.05) is 6.61 Å². The summed E-state index contributed by atoms with van der Waals surface area (Å²) >= 11 is 0. The van der Waals surface area contributed by atoms with Crippen molar-refractivity contribution in [2.24, 2.45) is 0 Å². The zero-order valence-electron chi connectivity index (χ0n) is 11.4. The first-order valence-corrected chi connectivity index (χ1v) is 6.15. The molecule has 0 aromatic heterocycles. The molecule has 1 atom stereocenters. The van der Waals surface area contributed by atoms with Gasteiger partial charge in [0.2, 0.25) is 5.75 Å². The summed E-state index contributed by atoms with van der Waals surface area (Å²) in [6, 6.07) is 4.01. The summed E-state index contributed by atoms with van der Waals surface area (Å²) in [6.07, 6.45) is 5.55. The number of amides is 1. The lowest BCUT2D eigenvalue weighted by molar-refractivity contribution is -0.385. The quantitative estimate of drug-likeness (QED) is 0.490. The van der Waals surface area contributed by atoms with Crippen molar-refractivity contribution in [1.29, 1.82) is 0 Å². The third-order valence-corrected chi connectivity index (χ3v) is 2.53. The fourth-order valence-electron chi connectivity index (χ4n) is 1.67. The van der Waals surface area contributed by atoms with Crippen LogP contribution in [0.15, 0.2) is 18.2 Å². The van der Waals surface area contributed by atoms with Crippen LogP contribution in [0.3, 0.4) is 0 Å². The number of nitro benzene ring substituents is 1. The second-order valence-corrected chi connectivity index (χ2v) is 4.13. The zero-order chi connectivity index (χ0) is 15.1. The van der Waals surface area contributed by atoms with Gasteiger partial charge in [-0.3, -0.25) is 14.9 Å². The van der Waals surface area contributed by atoms with Gasteiger partial charge in [0.05, 0.1) is 17.1 Å². The summed E-state index contributed by atoms with van der Waals surface area (Å²) in [4.78, 5) is 22.5. The molecule has 0 aliphatic rings. The van der Waals surface area contributed by atoms with E-state index in [9.17, 15) is 14.9 Å². The summed E-state index contributed by atoms with van der Waals surface area (Å²) in [7, 11) is 0. The van der Waals surface area contributed by atoms with Crippen molar-refractivity contribution in [3.8, 4) is 18.1 Å². The van der Waals surface area contributed by atoms with Crippen molar-refractivity contribution >= 4 is 11.6 Å². The summed E-state index contributed by atoms with van der Waals surface area (Å²) in [6.45, 7) is 3.68. The number of nitro groups is 1. The van der Waals surface area contributed by atoms with Crippen LogP contribution < -0.4 is 10.1 Å². The number of carbonyl (C=O) groups is 1. The van der Waals surface area contributed by atoms with Gasteiger partial charge in [0.15, 0.2) is 0 Å². The lowest BCUT2D eigenvalue weighted by atomic mass is 10.1. The fraction of sp³-hybridized carbons (Fsp3) is 0.357. The molecule has 0 heterocycles.